The molecule has 0 aliphatic carbocycles. The highest BCUT2D eigenvalue weighted by Gasteiger charge is 2.14. The maximum atomic E-state index is 13.2. The molecule has 2 aromatic heterocycles. The van der Waals surface area contributed by atoms with Crippen LogP contribution in [0.4, 0.5) is 0 Å². The molecule has 0 amide bonds. The van der Waals surface area contributed by atoms with Gasteiger partial charge < -0.3 is 0 Å². The molecule has 5 heteroatoms. The van der Waals surface area contributed by atoms with E-state index in [1.54, 1.807) is 47.4 Å². The molecule has 0 fully saturated rings. The monoisotopic (exact) mass is 350 g/mol. The van der Waals surface area contributed by atoms with E-state index < -0.39 is 0 Å². The number of benzene rings is 2. The van der Waals surface area contributed by atoms with Crippen LogP contribution in [-0.2, 0) is 0 Å². The van der Waals surface area contributed by atoms with Crippen molar-refractivity contribution in [2.24, 2.45) is 0 Å². The fraction of sp³-hybridized carbons (Fsp3) is 0. The van der Waals surface area contributed by atoms with Crippen LogP contribution in [0, 0.1) is 11.3 Å². The van der Waals surface area contributed by atoms with E-state index in [0.29, 0.717) is 16.7 Å². The Morgan fingerprint density at radius 3 is 2.30 bits per heavy atom. The number of para-hydroxylation sites is 1. The standard InChI is InChI=1S/C22H14N4O/c23-11-16-6-4-5-9-20(16)21-10-17(18-12-24-15-25-13-18)14-26(22(21)27)19-7-2-1-3-8-19/h1-10,12-15H. The normalized spacial score (nSPS) is 10.3. The van der Waals surface area contributed by atoms with Gasteiger partial charge in [0.25, 0.3) is 5.56 Å². The third-order valence-corrected chi connectivity index (χ3v) is 4.28. The molecule has 27 heavy (non-hydrogen) atoms. The van der Waals surface area contributed by atoms with E-state index in [0.717, 1.165) is 16.8 Å². The fourth-order valence-corrected chi connectivity index (χ4v) is 2.98. The molecule has 0 aliphatic rings. The van der Waals surface area contributed by atoms with Gasteiger partial charge in [0.15, 0.2) is 0 Å². The van der Waals surface area contributed by atoms with E-state index in [9.17, 15) is 10.1 Å². The lowest BCUT2D eigenvalue weighted by Crippen LogP contribution is -2.20. The summed E-state index contributed by atoms with van der Waals surface area (Å²) >= 11 is 0. The van der Waals surface area contributed by atoms with Crippen molar-refractivity contribution in [1.29, 1.82) is 5.26 Å². The quantitative estimate of drug-likeness (QED) is 0.563. The highest BCUT2D eigenvalue weighted by atomic mass is 16.1. The predicted octanol–water partition coefficient (Wildman–Crippen LogP) is 3.83. The van der Waals surface area contributed by atoms with Gasteiger partial charge in [0.1, 0.15) is 6.33 Å². The van der Waals surface area contributed by atoms with E-state index in [4.69, 9.17) is 0 Å². The third kappa shape index (κ3) is 3.12. The molecule has 0 bridgehead atoms. The first kappa shape index (κ1) is 16.4. The Kier molecular flexibility index (Phi) is 4.30. The summed E-state index contributed by atoms with van der Waals surface area (Å²) < 4.78 is 1.59. The zero-order valence-corrected chi connectivity index (χ0v) is 14.3. The molecule has 0 N–H and O–H groups in total. The molecule has 4 aromatic rings. The van der Waals surface area contributed by atoms with Gasteiger partial charge in [-0.25, -0.2) is 9.97 Å². The lowest BCUT2D eigenvalue weighted by Gasteiger charge is -2.13. The van der Waals surface area contributed by atoms with Gasteiger partial charge in [-0.05, 0) is 24.3 Å². The SMILES string of the molecule is N#Cc1ccccc1-c1cc(-c2cncnc2)cn(-c2ccccc2)c1=O. The van der Waals surface area contributed by atoms with Crippen LogP contribution < -0.4 is 5.56 Å². The predicted molar refractivity (Wildman–Crippen MR) is 103 cm³/mol. The molecule has 0 unspecified atom stereocenters. The summed E-state index contributed by atoms with van der Waals surface area (Å²) in [7, 11) is 0. The summed E-state index contributed by atoms with van der Waals surface area (Å²) in [5, 5.41) is 9.46. The second-order valence-electron chi connectivity index (χ2n) is 5.94. The van der Waals surface area contributed by atoms with E-state index in [1.807, 2.05) is 36.4 Å². The summed E-state index contributed by atoms with van der Waals surface area (Å²) in [6, 6.07) is 20.4. The van der Waals surface area contributed by atoms with E-state index in [1.165, 1.54) is 6.33 Å². The first-order chi connectivity index (χ1) is 13.3. The minimum Gasteiger partial charge on any atom is -0.283 e. The Morgan fingerprint density at radius 1 is 0.852 bits per heavy atom. The van der Waals surface area contributed by atoms with Gasteiger partial charge in [0, 0.05) is 46.5 Å². The Bertz CT molecular complexity index is 1190. The van der Waals surface area contributed by atoms with Crippen LogP contribution >= 0.6 is 0 Å². The van der Waals surface area contributed by atoms with Crippen LogP contribution in [-0.4, -0.2) is 14.5 Å². The number of hydrogen-bond donors (Lipinski definition) is 0. The van der Waals surface area contributed by atoms with Crippen LogP contribution in [0.15, 0.2) is 90.4 Å². The van der Waals surface area contributed by atoms with Gasteiger partial charge in [0.05, 0.1) is 11.6 Å². The van der Waals surface area contributed by atoms with Gasteiger partial charge in [-0.1, -0.05) is 36.4 Å². The van der Waals surface area contributed by atoms with Crippen molar-refractivity contribution < 1.29 is 0 Å². The second kappa shape index (κ2) is 7.06. The van der Waals surface area contributed by atoms with Crippen molar-refractivity contribution >= 4 is 0 Å². The lowest BCUT2D eigenvalue weighted by molar-refractivity contribution is 0.994. The molecule has 0 saturated heterocycles. The van der Waals surface area contributed by atoms with Crippen molar-refractivity contribution in [2.75, 3.05) is 0 Å². The molecular weight excluding hydrogens is 336 g/mol. The van der Waals surface area contributed by atoms with E-state index in [-0.39, 0.29) is 5.56 Å². The molecule has 4 rings (SSSR count). The number of nitrogens with zero attached hydrogens (tertiary/aromatic N) is 4. The molecule has 0 spiro atoms. The third-order valence-electron chi connectivity index (χ3n) is 4.28. The van der Waals surface area contributed by atoms with Crippen molar-refractivity contribution in [3.05, 3.63) is 101 Å². The number of rotatable bonds is 3. The zero-order chi connectivity index (χ0) is 18.6. The number of pyridine rings is 1. The molecular formula is C22H14N4O. The largest absolute Gasteiger partial charge is 0.283 e. The van der Waals surface area contributed by atoms with E-state index >= 15 is 0 Å². The number of nitriles is 1. The lowest BCUT2D eigenvalue weighted by atomic mass is 9.99. The average Bonchev–Trinajstić information content (AvgIpc) is 2.75. The first-order valence-electron chi connectivity index (χ1n) is 8.35. The zero-order valence-electron chi connectivity index (χ0n) is 14.3. The Morgan fingerprint density at radius 2 is 1.56 bits per heavy atom. The maximum Gasteiger partial charge on any atom is 0.263 e. The van der Waals surface area contributed by atoms with Gasteiger partial charge in [-0.2, -0.15) is 5.26 Å². The van der Waals surface area contributed by atoms with Gasteiger partial charge in [-0.3, -0.25) is 9.36 Å². The molecule has 5 nitrogen and oxygen atoms in total. The fourth-order valence-electron chi connectivity index (χ4n) is 2.98. The average molecular weight is 350 g/mol. The Balaban J connectivity index is 2.04. The number of hydrogen-bond acceptors (Lipinski definition) is 4. The highest BCUT2D eigenvalue weighted by Crippen LogP contribution is 2.26. The van der Waals surface area contributed by atoms with Crippen molar-refractivity contribution in [2.45, 2.75) is 0 Å². The van der Waals surface area contributed by atoms with Crippen LogP contribution in [0.5, 0.6) is 0 Å². The van der Waals surface area contributed by atoms with Crippen LogP contribution in [0.1, 0.15) is 5.56 Å². The first-order valence-corrected chi connectivity index (χ1v) is 8.35. The Hall–Kier alpha value is -4.04. The van der Waals surface area contributed by atoms with Crippen molar-refractivity contribution in [1.82, 2.24) is 14.5 Å². The molecule has 0 saturated carbocycles. The van der Waals surface area contributed by atoms with Crippen LogP contribution in [0.3, 0.4) is 0 Å². The summed E-state index contributed by atoms with van der Waals surface area (Å²) in [6.45, 7) is 0. The summed E-state index contributed by atoms with van der Waals surface area (Å²) in [4.78, 5) is 21.4. The molecule has 0 aliphatic heterocycles. The van der Waals surface area contributed by atoms with E-state index in [2.05, 4.69) is 16.0 Å². The summed E-state index contributed by atoms with van der Waals surface area (Å²) in [6.07, 6.45) is 6.63. The molecule has 0 radical (unpaired) electrons. The molecule has 128 valence electrons. The Labute approximate surface area is 155 Å². The highest BCUT2D eigenvalue weighted by molar-refractivity contribution is 5.75. The van der Waals surface area contributed by atoms with Crippen molar-refractivity contribution in [3.8, 4) is 34.0 Å². The smallest absolute Gasteiger partial charge is 0.263 e. The summed E-state index contributed by atoms with van der Waals surface area (Å²) in [5.74, 6) is 0. The van der Waals surface area contributed by atoms with Gasteiger partial charge >= 0.3 is 0 Å². The van der Waals surface area contributed by atoms with Gasteiger partial charge in [-0.15, -0.1) is 0 Å². The topological polar surface area (TPSA) is 71.6 Å². The maximum absolute atomic E-state index is 13.2. The minimum atomic E-state index is -0.190. The summed E-state index contributed by atoms with van der Waals surface area (Å²) in [5.41, 5.74) is 3.66. The molecule has 2 heterocycles. The second-order valence-corrected chi connectivity index (χ2v) is 5.94. The molecule has 2 aromatic carbocycles. The van der Waals surface area contributed by atoms with Crippen LogP contribution in [0.25, 0.3) is 27.9 Å². The van der Waals surface area contributed by atoms with Crippen molar-refractivity contribution in [3.63, 3.8) is 0 Å². The minimum absolute atomic E-state index is 0.190. The van der Waals surface area contributed by atoms with Gasteiger partial charge in [0.2, 0.25) is 0 Å². The van der Waals surface area contributed by atoms with Crippen LogP contribution in [0.2, 0.25) is 0 Å². The molecule has 0 atom stereocenters. The number of aromatic nitrogens is 3.